The number of morpholine rings is 1. The van der Waals surface area contributed by atoms with Crippen LogP contribution in [0, 0.1) is 0 Å². The minimum Gasteiger partial charge on any atom is -0.490 e. The van der Waals surface area contributed by atoms with Crippen molar-refractivity contribution in [1.29, 1.82) is 0 Å². The molecule has 2 saturated heterocycles. The van der Waals surface area contributed by atoms with E-state index in [0.717, 1.165) is 0 Å². The summed E-state index contributed by atoms with van der Waals surface area (Å²) >= 11 is 6.29. The standard InChI is InChI=1S/C21H29ClN4O5/c1-13-11-29-8-7-25(13)18-17-15(9-16(22)23-18)30-12-14-10-24(5-6-26(14)19(17)27)20(28)31-21(2,3)4/h9,13-14H,5-8,10-12H2,1-4H3/t13-,14?/m1/s1. The number of fused-ring (bicyclic) bond motifs is 2. The second-order valence-electron chi connectivity index (χ2n) is 9.15. The van der Waals surface area contributed by atoms with E-state index < -0.39 is 5.60 Å². The van der Waals surface area contributed by atoms with E-state index in [1.807, 2.05) is 32.6 Å². The highest BCUT2D eigenvalue weighted by atomic mass is 35.5. The molecule has 2 amide bonds. The maximum absolute atomic E-state index is 13.6. The Morgan fingerprint density at radius 3 is 2.71 bits per heavy atom. The van der Waals surface area contributed by atoms with Crippen molar-refractivity contribution in [3.63, 3.8) is 0 Å². The number of ether oxygens (including phenoxy) is 3. The minimum absolute atomic E-state index is 0.0553. The van der Waals surface area contributed by atoms with Gasteiger partial charge in [0.25, 0.3) is 5.91 Å². The fraction of sp³-hybridized carbons (Fsp3) is 0.667. The third-order valence-corrected chi connectivity index (χ3v) is 5.81. The average molecular weight is 453 g/mol. The van der Waals surface area contributed by atoms with E-state index in [9.17, 15) is 9.59 Å². The van der Waals surface area contributed by atoms with Crippen molar-refractivity contribution >= 4 is 29.4 Å². The number of pyridine rings is 1. The lowest BCUT2D eigenvalue weighted by atomic mass is 10.1. The monoisotopic (exact) mass is 452 g/mol. The van der Waals surface area contributed by atoms with Crippen molar-refractivity contribution in [3.05, 3.63) is 16.8 Å². The molecular weight excluding hydrogens is 424 g/mol. The first-order chi connectivity index (χ1) is 14.6. The maximum Gasteiger partial charge on any atom is 0.410 e. The molecule has 3 aliphatic rings. The number of hydrogen-bond donors (Lipinski definition) is 0. The van der Waals surface area contributed by atoms with Gasteiger partial charge in [-0.1, -0.05) is 11.6 Å². The van der Waals surface area contributed by atoms with Gasteiger partial charge in [0.1, 0.15) is 34.5 Å². The van der Waals surface area contributed by atoms with Crippen molar-refractivity contribution < 1.29 is 23.8 Å². The number of hydrogen-bond acceptors (Lipinski definition) is 7. The van der Waals surface area contributed by atoms with Crippen molar-refractivity contribution in [1.82, 2.24) is 14.8 Å². The second kappa shape index (κ2) is 8.35. The van der Waals surface area contributed by atoms with E-state index in [2.05, 4.69) is 4.98 Å². The molecule has 0 spiro atoms. The van der Waals surface area contributed by atoms with E-state index in [0.29, 0.717) is 56.5 Å². The summed E-state index contributed by atoms with van der Waals surface area (Å²) in [6.07, 6.45) is -0.381. The van der Waals surface area contributed by atoms with E-state index in [4.69, 9.17) is 25.8 Å². The fourth-order valence-corrected chi connectivity index (χ4v) is 4.31. The molecule has 0 aliphatic carbocycles. The highest BCUT2D eigenvalue weighted by molar-refractivity contribution is 6.30. The lowest BCUT2D eigenvalue weighted by Crippen LogP contribution is -2.58. The van der Waals surface area contributed by atoms with Crippen LogP contribution in [-0.2, 0) is 9.47 Å². The van der Waals surface area contributed by atoms with Crippen LogP contribution in [0.4, 0.5) is 10.6 Å². The van der Waals surface area contributed by atoms with Gasteiger partial charge in [0.05, 0.1) is 25.3 Å². The number of aromatic nitrogens is 1. The molecule has 170 valence electrons. The highest BCUT2D eigenvalue weighted by Crippen LogP contribution is 2.36. The Morgan fingerprint density at radius 1 is 1.23 bits per heavy atom. The molecule has 3 aliphatic heterocycles. The van der Waals surface area contributed by atoms with Gasteiger partial charge in [0.15, 0.2) is 0 Å². The normalized spacial score (nSPS) is 24.2. The fourth-order valence-electron chi connectivity index (χ4n) is 4.13. The smallest absolute Gasteiger partial charge is 0.410 e. The van der Waals surface area contributed by atoms with E-state index >= 15 is 0 Å². The van der Waals surface area contributed by atoms with Crippen LogP contribution in [0.2, 0.25) is 5.15 Å². The van der Waals surface area contributed by atoms with Crippen LogP contribution >= 0.6 is 11.6 Å². The zero-order chi connectivity index (χ0) is 22.3. The summed E-state index contributed by atoms with van der Waals surface area (Å²) in [6.45, 7) is 10.7. The summed E-state index contributed by atoms with van der Waals surface area (Å²) in [5.41, 5.74) is -0.154. The topological polar surface area (TPSA) is 84.4 Å². The largest absolute Gasteiger partial charge is 0.490 e. The first-order valence-electron chi connectivity index (χ1n) is 10.6. The molecular formula is C21H29ClN4O5. The SMILES string of the molecule is C[C@@H]1COCCN1c1nc(Cl)cc2c1C(=O)N1CCN(C(=O)OC(C)(C)C)CC1CO2. The first kappa shape index (κ1) is 22.0. The molecule has 0 aromatic carbocycles. The van der Waals surface area contributed by atoms with E-state index in [1.54, 1.807) is 15.9 Å². The van der Waals surface area contributed by atoms with E-state index in [1.165, 1.54) is 0 Å². The molecule has 0 N–H and O–H groups in total. The minimum atomic E-state index is -0.577. The van der Waals surface area contributed by atoms with Gasteiger partial charge in [-0.05, 0) is 27.7 Å². The number of anilines is 1. The number of halogens is 1. The Labute approximate surface area is 187 Å². The van der Waals surface area contributed by atoms with Crippen molar-refractivity contribution in [2.75, 3.05) is 50.9 Å². The molecule has 0 saturated carbocycles. The summed E-state index contributed by atoms with van der Waals surface area (Å²) < 4.78 is 17.1. The first-order valence-corrected chi connectivity index (χ1v) is 11.0. The zero-order valence-corrected chi connectivity index (χ0v) is 19.1. The highest BCUT2D eigenvalue weighted by Gasteiger charge is 2.40. The number of rotatable bonds is 1. The van der Waals surface area contributed by atoms with Crippen molar-refractivity contribution in [2.45, 2.75) is 45.4 Å². The molecule has 10 heteroatoms. The van der Waals surface area contributed by atoms with Gasteiger partial charge in [-0.25, -0.2) is 9.78 Å². The number of carbonyl (C=O) groups is 2. The van der Waals surface area contributed by atoms with Crippen LogP contribution in [0.1, 0.15) is 38.1 Å². The Balaban J connectivity index is 1.61. The molecule has 9 nitrogen and oxygen atoms in total. The Bertz CT molecular complexity index is 874. The Kier molecular flexibility index (Phi) is 5.91. The van der Waals surface area contributed by atoms with Crippen LogP contribution in [-0.4, -0.2) is 90.5 Å². The van der Waals surface area contributed by atoms with Gasteiger partial charge in [-0.3, -0.25) is 4.79 Å². The number of carbonyl (C=O) groups excluding carboxylic acids is 2. The van der Waals surface area contributed by atoms with Crippen molar-refractivity contribution in [3.8, 4) is 5.75 Å². The molecule has 2 fully saturated rings. The summed E-state index contributed by atoms with van der Waals surface area (Å²) in [6, 6.07) is 1.36. The van der Waals surface area contributed by atoms with Gasteiger partial charge in [-0.2, -0.15) is 0 Å². The number of amides is 2. The number of piperazine rings is 1. The molecule has 1 aromatic rings. The Hall–Kier alpha value is -2.26. The summed E-state index contributed by atoms with van der Waals surface area (Å²) in [4.78, 5) is 36.1. The van der Waals surface area contributed by atoms with Crippen LogP contribution < -0.4 is 9.64 Å². The van der Waals surface area contributed by atoms with E-state index in [-0.39, 0.29) is 35.8 Å². The van der Waals surface area contributed by atoms with Crippen LogP contribution in [0.15, 0.2) is 6.07 Å². The van der Waals surface area contributed by atoms with Gasteiger partial charge < -0.3 is 28.9 Å². The molecule has 1 unspecified atom stereocenters. The predicted octanol–water partition coefficient (Wildman–Crippen LogP) is 2.41. The molecule has 0 radical (unpaired) electrons. The second-order valence-corrected chi connectivity index (χ2v) is 9.54. The molecule has 0 bridgehead atoms. The zero-order valence-electron chi connectivity index (χ0n) is 18.4. The Morgan fingerprint density at radius 2 is 2.00 bits per heavy atom. The van der Waals surface area contributed by atoms with Gasteiger partial charge in [0.2, 0.25) is 0 Å². The summed E-state index contributed by atoms with van der Waals surface area (Å²) in [7, 11) is 0. The molecule has 4 rings (SSSR count). The van der Waals surface area contributed by atoms with Crippen LogP contribution in [0.25, 0.3) is 0 Å². The van der Waals surface area contributed by atoms with Gasteiger partial charge in [-0.15, -0.1) is 0 Å². The van der Waals surface area contributed by atoms with Gasteiger partial charge >= 0.3 is 6.09 Å². The summed E-state index contributed by atoms with van der Waals surface area (Å²) in [5.74, 6) is 0.801. The third kappa shape index (κ3) is 4.52. The van der Waals surface area contributed by atoms with Crippen molar-refractivity contribution in [2.24, 2.45) is 0 Å². The van der Waals surface area contributed by atoms with Crippen LogP contribution in [0.3, 0.4) is 0 Å². The number of nitrogens with zero attached hydrogens (tertiary/aromatic N) is 4. The predicted molar refractivity (Wildman–Crippen MR) is 115 cm³/mol. The quantitative estimate of drug-likeness (QED) is 0.605. The lowest BCUT2D eigenvalue weighted by molar-refractivity contribution is 0.000950. The molecule has 1 aromatic heterocycles. The lowest BCUT2D eigenvalue weighted by Gasteiger charge is -2.40. The molecule has 4 heterocycles. The summed E-state index contributed by atoms with van der Waals surface area (Å²) in [5, 5.41) is 0.274. The maximum atomic E-state index is 13.6. The molecule has 2 atom stereocenters. The van der Waals surface area contributed by atoms with Gasteiger partial charge in [0, 0.05) is 32.2 Å². The third-order valence-electron chi connectivity index (χ3n) is 5.61. The molecule has 31 heavy (non-hydrogen) atoms. The van der Waals surface area contributed by atoms with Crippen LogP contribution in [0.5, 0.6) is 5.75 Å². The average Bonchev–Trinajstić information content (AvgIpc) is 2.83.